The number of hydrogen-bond acceptors (Lipinski definition) is 11. The molecule has 1 aliphatic rings. The molecule has 1 fully saturated rings. The number of rotatable bonds is 6. The second kappa shape index (κ2) is 9.46. The van der Waals surface area contributed by atoms with Crippen LogP contribution in [0, 0.1) is 0 Å². The summed E-state index contributed by atoms with van der Waals surface area (Å²) in [6.45, 7) is 4.07. The number of nitrogen functional groups attached to an aromatic ring is 1. The lowest BCUT2D eigenvalue weighted by atomic mass is 10.2. The molecule has 0 amide bonds. The van der Waals surface area contributed by atoms with Crippen LogP contribution in [0.15, 0.2) is 47.6 Å². The molecule has 1 aromatic carbocycles. The molecule has 5 rings (SSSR count). The zero-order chi connectivity index (χ0) is 24.6. The first-order valence-electron chi connectivity index (χ1n) is 11.0. The highest BCUT2D eigenvalue weighted by Crippen LogP contribution is 2.39. The molecule has 1 unspecified atom stereocenters. The van der Waals surface area contributed by atoms with Crippen LogP contribution in [0.2, 0.25) is 0 Å². The average Bonchev–Trinajstić information content (AvgIpc) is 3.28. The van der Waals surface area contributed by atoms with E-state index in [1.54, 1.807) is 30.6 Å². The molecule has 0 spiro atoms. The van der Waals surface area contributed by atoms with E-state index in [1.165, 1.54) is 18.3 Å². The van der Waals surface area contributed by atoms with Gasteiger partial charge < -0.3 is 20.5 Å². The number of aromatic nitrogens is 4. The fourth-order valence-electron chi connectivity index (χ4n) is 3.89. The maximum absolute atomic E-state index is 12.7. The van der Waals surface area contributed by atoms with E-state index in [-0.39, 0.29) is 16.6 Å². The van der Waals surface area contributed by atoms with E-state index < -0.39 is 15.9 Å². The minimum Gasteiger partial charge on any atom is -0.392 e. The maximum Gasteiger partial charge on any atom is 0.219 e. The smallest absolute Gasteiger partial charge is 0.219 e. The summed E-state index contributed by atoms with van der Waals surface area (Å²) < 4.78 is 31.8. The van der Waals surface area contributed by atoms with Crippen LogP contribution in [-0.4, -0.2) is 71.6 Å². The molecule has 0 aliphatic carbocycles. The van der Waals surface area contributed by atoms with E-state index in [0.29, 0.717) is 37.7 Å². The predicted octanol–water partition coefficient (Wildman–Crippen LogP) is 2.39. The summed E-state index contributed by atoms with van der Waals surface area (Å²) in [5.41, 5.74) is 7.78. The van der Waals surface area contributed by atoms with E-state index in [1.807, 2.05) is 12.1 Å². The van der Waals surface area contributed by atoms with Crippen molar-refractivity contribution >= 4 is 43.2 Å². The van der Waals surface area contributed by atoms with Gasteiger partial charge in [0.2, 0.25) is 5.95 Å². The number of ether oxygens (including phenoxy) is 1. The molecule has 3 aromatic heterocycles. The molecule has 1 saturated heterocycles. The number of aliphatic hydroxyl groups excluding tert-OH is 1. The first kappa shape index (κ1) is 23.5. The lowest BCUT2D eigenvalue weighted by molar-refractivity contribution is 0.122. The minimum absolute atomic E-state index is 0.173. The van der Waals surface area contributed by atoms with Gasteiger partial charge in [0, 0.05) is 30.4 Å². The van der Waals surface area contributed by atoms with E-state index >= 15 is 0 Å². The van der Waals surface area contributed by atoms with Crippen molar-refractivity contribution < 1.29 is 18.3 Å². The number of thiophene rings is 1. The van der Waals surface area contributed by atoms with Gasteiger partial charge in [-0.05, 0) is 30.7 Å². The number of morpholine rings is 1. The second-order valence-electron chi connectivity index (χ2n) is 8.28. The predicted molar refractivity (Wildman–Crippen MR) is 135 cm³/mol. The quantitative estimate of drug-likeness (QED) is 0.395. The van der Waals surface area contributed by atoms with E-state index in [4.69, 9.17) is 20.4 Å². The van der Waals surface area contributed by atoms with Crippen molar-refractivity contribution in [3.05, 3.63) is 42.7 Å². The lowest BCUT2D eigenvalue weighted by Gasteiger charge is -2.28. The Balaban J connectivity index is 1.62. The second-order valence-corrected chi connectivity index (χ2v) is 11.4. The summed E-state index contributed by atoms with van der Waals surface area (Å²) in [5.74, 6) is 1.12. The number of benzene rings is 1. The maximum atomic E-state index is 12.7. The van der Waals surface area contributed by atoms with Crippen LogP contribution in [-0.2, 0) is 14.6 Å². The number of sulfone groups is 1. The molecule has 1 atom stereocenters. The highest BCUT2D eigenvalue weighted by Gasteiger charge is 2.22. The van der Waals surface area contributed by atoms with Gasteiger partial charge in [0.1, 0.15) is 0 Å². The van der Waals surface area contributed by atoms with Gasteiger partial charge in [-0.15, -0.1) is 11.3 Å². The number of anilines is 2. The van der Waals surface area contributed by atoms with Crippen LogP contribution in [0.25, 0.3) is 32.0 Å². The van der Waals surface area contributed by atoms with Crippen molar-refractivity contribution in [3.8, 4) is 21.8 Å². The molecule has 4 aromatic rings. The molecule has 12 heteroatoms. The molecule has 10 nitrogen and oxygen atoms in total. The van der Waals surface area contributed by atoms with Gasteiger partial charge in [-0.1, -0.05) is 12.1 Å². The van der Waals surface area contributed by atoms with Gasteiger partial charge >= 0.3 is 0 Å². The van der Waals surface area contributed by atoms with Gasteiger partial charge in [0.05, 0.1) is 45.7 Å². The Hall–Kier alpha value is -3.19. The average molecular weight is 513 g/mol. The third-order valence-electron chi connectivity index (χ3n) is 5.53. The summed E-state index contributed by atoms with van der Waals surface area (Å²) in [4.78, 5) is 20.9. The van der Waals surface area contributed by atoms with E-state index in [0.717, 1.165) is 26.5 Å². The number of nitrogens with two attached hydrogens (primary N) is 1. The van der Waals surface area contributed by atoms with Crippen molar-refractivity contribution in [1.29, 1.82) is 0 Å². The Kier molecular flexibility index (Phi) is 6.36. The van der Waals surface area contributed by atoms with Crippen LogP contribution in [0.5, 0.6) is 0 Å². The Morgan fingerprint density at radius 1 is 1.14 bits per heavy atom. The third-order valence-corrected chi connectivity index (χ3v) is 8.60. The molecule has 0 saturated carbocycles. The molecule has 1 aliphatic heterocycles. The first-order valence-corrected chi connectivity index (χ1v) is 13.5. The highest BCUT2D eigenvalue weighted by atomic mass is 32.2. The first-order chi connectivity index (χ1) is 16.8. The molecule has 35 heavy (non-hydrogen) atoms. The van der Waals surface area contributed by atoms with Gasteiger partial charge in [0.25, 0.3) is 0 Å². The van der Waals surface area contributed by atoms with Gasteiger partial charge in [-0.25, -0.2) is 28.4 Å². The van der Waals surface area contributed by atoms with Crippen LogP contribution in [0.4, 0.5) is 11.8 Å². The fourth-order valence-corrected chi connectivity index (χ4v) is 6.42. The summed E-state index contributed by atoms with van der Waals surface area (Å²) in [7, 11) is -3.61. The number of nitrogens with zero attached hydrogens (tertiary/aromatic N) is 5. The largest absolute Gasteiger partial charge is 0.392 e. The Bertz CT molecular complexity index is 1470. The minimum atomic E-state index is -3.61. The molecule has 182 valence electrons. The summed E-state index contributed by atoms with van der Waals surface area (Å²) in [6, 6.07) is 8.70. The summed E-state index contributed by atoms with van der Waals surface area (Å²) in [6.07, 6.45) is 2.24. The normalized spacial score (nSPS) is 15.4. The standard InChI is InChI=1S/C23H24N6O4S2/c1-14(30)13-35(31,32)17-4-2-3-15(9-17)19-10-18-20(34-19)22(29-5-7-33-8-6-29)28-21(27-18)16-11-25-23(24)26-12-16/h2-4,9-12,14,30H,5-8,13H2,1H3,(H2,24,25,26). The highest BCUT2D eigenvalue weighted by molar-refractivity contribution is 7.91. The molecule has 4 heterocycles. The molecule has 3 N–H and O–H groups in total. The molecular weight excluding hydrogens is 488 g/mol. The van der Waals surface area contributed by atoms with Crippen molar-refractivity contribution in [1.82, 2.24) is 19.9 Å². The van der Waals surface area contributed by atoms with Crippen molar-refractivity contribution in [3.63, 3.8) is 0 Å². The van der Waals surface area contributed by atoms with Crippen LogP contribution < -0.4 is 10.6 Å². The summed E-state index contributed by atoms with van der Waals surface area (Å²) in [5, 5.41) is 9.60. The Morgan fingerprint density at radius 2 is 1.89 bits per heavy atom. The van der Waals surface area contributed by atoms with Gasteiger partial charge in [0.15, 0.2) is 21.5 Å². The van der Waals surface area contributed by atoms with Crippen LogP contribution in [0.3, 0.4) is 0 Å². The Morgan fingerprint density at radius 3 is 2.60 bits per heavy atom. The van der Waals surface area contributed by atoms with Crippen molar-refractivity contribution in [2.24, 2.45) is 0 Å². The van der Waals surface area contributed by atoms with Crippen LogP contribution in [0.1, 0.15) is 6.92 Å². The number of fused-ring (bicyclic) bond motifs is 1. The van der Waals surface area contributed by atoms with E-state index in [9.17, 15) is 13.5 Å². The number of hydrogen-bond donors (Lipinski definition) is 2. The van der Waals surface area contributed by atoms with Gasteiger partial charge in [-0.3, -0.25) is 0 Å². The molecule has 0 bridgehead atoms. The monoisotopic (exact) mass is 512 g/mol. The lowest BCUT2D eigenvalue weighted by Crippen LogP contribution is -2.36. The zero-order valence-electron chi connectivity index (χ0n) is 19.0. The third kappa shape index (κ3) is 4.96. The van der Waals surface area contributed by atoms with Crippen LogP contribution >= 0.6 is 11.3 Å². The molecule has 0 radical (unpaired) electrons. The van der Waals surface area contributed by atoms with E-state index in [2.05, 4.69) is 14.9 Å². The molecular formula is C23H24N6O4S2. The number of aliphatic hydroxyl groups is 1. The fraction of sp³-hybridized carbons (Fsp3) is 0.304. The zero-order valence-corrected chi connectivity index (χ0v) is 20.6. The summed E-state index contributed by atoms with van der Waals surface area (Å²) >= 11 is 1.51. The van der Waals surface area contributed by atoms with Crippen molar-refractivity contribution in [2.45, 2.75) is 17.9 Å². The SMILES string of the molecule is CC(O)CS(=O)(=O)c1cccc(-c2cc3nc(-c4cnc(N)nc4)nc(N4CCOCC4)c3s2)c1. The Labute approximate surface area is 206 Å². The van der Waals surface area contributed by atoms with Gasteiger partial charge in [-0.2, -0.15) is 0 Å². The topological polar surface area (TPSA) is 144 Å². The van der Waals surface area contributed by atoms with Crippen molar-refractivity contribution in [2.75, 3.05) is 42.7 Å².